The van der Waals surface area contributed by atoms with Crippen LogP contribution in [0.15, 0.2) is 83.7 Å². The summed E-state index contributed by atoms with van der Waals surface area (Å²) in [4.78, 5) is 25.9. The van der Waals surface area contributed by atoms with Crippen LogP contribution in [-0.4, -0.2) is 41.7 Å². The summed E-state index contributed by atoms with van der Waals surface area (Å²) in [6, 6.07) is 26.0. The zero-order valence-electron chi connectivity index (χ0n) is 20.3. The van der Waals surface area contributed by atoms with Gasteiger partial charge in [0.25, 0.3) is 0 Å². The highest BCUT2D eigenvalue weighted by Gasteiger charge is 2.21. The molecule has 1 aromatic heterocycles. The Kier molecular flexibility index (Phi) is 7.30. The maximum absolute atomic E-state index is 13.7. The Morgan fingerprint density at radius 2 is 1.50 bits per heavy atom. The predicted molar refractivity (Wildman–Crippen MR) is 137 cm³/mol. The monoisotopic (exact) mass is 486 g/mol. The van der Waals surface area contributed by atoms with Crippen molar-refractivity contribution in [3.05, 3.63) is 106 Å². The van der Waals surface area contributed by atoms with Gasteiger partial charge in [-0.1, -0.05) is 60.7 Å². The maximum atomic E-state index is 13.7. The van der Waals surface area contributed by atoms with Crippen molar-refractivity contribution in [1.29, 1.82) is 0 Å². The minimum atomic E-state index is -0.431. The van der Waals surface area contributed by atoms with E-state index in [1.54, 1.807) is 16.7 Å². The Bertz CT molecular complexity index is 1330. The van der Waals surface area contributed by atoms with Crippen molar-refractivity contribution in [3.63, 3.8) is 0 Å². The Morgan fingerprint density at radius 1 is 0.889 bits per heavy atom. The lowest BCUT2D eigenvalue weighted by Crippen LogP contribution is -2.26. The molecule has 0 atom stereocenters. The van der Waals surface area contributed by atoms with Gasteiger partial charge in [0.2, 0.25) is 0 Å². The fourth-order valence-electron chi connectivity index (χ4n) is 4.96. The first-order chi connectivity index (χ1) is 17.7. The summed E-state index contributed by atoms with van der Waals surface area (Å²) < 4.78 is 19.6. The number of fused-ring (bicyclic) bond motifs is 1. The Morgan fingerprint density at radius 3 is 2.11 bits per heavy atom. The van der Waals surface area contributed by atoms with Gasteiger partial charge in [0, 0.05) is 25.4 Å². The van der Waals surface area contributed by atoms with Gasteiger partial charge < -0.3 is 14.2 Å². The standard InChI is InChI=1S/C29H30N2O5/c1-34-28(32)23-12-13-25-26(20-23)31(17-15-27-35-18-19-36-27)29(33)30(25)16-14-24(21-8-4-2-5-9-21)22-10-6-3-7-11-22/h2-13,20,24,27H,14-19H2,1H3. The number of esters is 1. The zero-order valence-corrected chi connectivity index (χ0v) is 20.3. The number of aryl methyl sites for hydroxylation is 2. The van der Waals surface area contributed by atoms with E-state index in [0.29, 0.717) is 43.8 Å². The van der Waals surface area contributed by atoms with E-state index in [2.05, 4.69) is 24.3 Å². The molecule has 0 unspecified atom stereocenters. The van der Waals surface area contributed by atoms with Gasteiger partial charge in [0.15, 0.2) is 6.29 Å². The van der Waals surface area contributed by atoms with Crippen molar-refractivity contribution < 1.29 is 19.0 Å². The summed E-state index contributed by atoms with van der Waals surface area (Å²) in [6.07, 6.45) is 0.985. The molecule has 4 aromatic rings. The number of nitrogens with zero attached hydrogens (tertiary/aromatic N) is 2. The van der Waals surface area contributed by atoms with Gasteiger partial charge in [-0.15, -0.1) is 0 Å². The number of imidazole rings is 1. The van der Waals surface area contributed by atoms with Crippen LogP contribution in [0.4, 0.5) is 0 Å². The maximum Gasteiger partial charge on any atom is 0.337 e. The highest BCUT2D eigenvalue weighted by molar-refractivity contribution is 5.93. The van der Waals surface area contributed by atoms with Gasteiger partial charge in [-0.3, -0.25) is 9.13 Å². The number of rotatable bonds is 9. The predicted octanol–water partition coefficient (Wildman–Crippen LogP) is 4.57. The second-order valence-electron chi connectivity index (χ2n) is 8.90. The molecule has 1 fully saturated rings. The first-order valence-corrected chi connectivity index (χ1v) is 12.3. The average molecular weight is 487 g/mol. The van der Waals surface area contributed by atoms with Crippen LogP contribution in [0.5, 0.6) is 0 Å². The summed E-state index contributed by atoms with van der Waals surface area (Å²) in [7, 11) is 1.35. The third-order valence-electron chi connectivity index (χ3n) is 6.76. The van der Waals surface area contributed by atoms with E-state index < -0.39 is 5.97 Å². The molecule has 0 saturated carbocycles. The zero-order chi connectivity index (χ0) is 24.9. The van der Waals surface area contributed by atoms with Crippen molar-refractivity contribution in [1.82, 2.24) is 9.13 Å². The summed E-state index contributed by atoms with van der Waals surface area (Å²) in [5, 5.41) is 0. The first-order valence-electron chi connectivity index (χ1n) is 12.3. The Labute approximate surface area is 209 Å². The second-order valence-corrected chi connectivity index (χ2v) is 8.90. The summed E-state index contributed by atoms with van der Waals surface area (Å²) in [6.45, 7) is 2.09. The molecular formula is C29H30N2O5. The smallest absolute Gasteiger partial charge is 0.337 e. The van der Waals surface area contributed by atoms with E-state index in [4.69, 9.17) is 14.2 Å². The molecule has 1 saturated heterocycles. The average Bonchev–Trinajstić information content (AvgIpc) is 3.54. The van der Waals surface area contributed by atoms with Gasteiger partial charge in [-0.25, -0.2) is 9.59 Å². The number of hydrogen-bond donors (Lipinski definition) is 0. The lowest BCUT2D eigenvalue weighted by molar-refractivity contribution is -0.0490. The third kappa shape index (κ3) is 4.98. The number of carbonyl (C=O) groups is 1. The van der Waals surface area contributed by atoms with Crippen LogP contribution in [0.3, 0.4) is 0 Å². The summed E-state index contributed by atoms with van der Waals surface area (Å²) >= 11 is 0. The van der Waals surface area contributed by atoms with Crippen LogP contribution in [0.25, 0.3) is 11.0 Å². The van der Waals surface area contributed by atoms with Gasteiger partial charge in [0.05, 0.1) is 36.9 Å². The molecule has 0 spiro atoms. The molecule has 186 valence electrons. The molecule has 0 N–H and O–H groups in total. The van der Waals surface area contributed by atoms with Crippen molar-refractivity contribution in [2.24, 2.45) is 0 Å². The molecule has 1 aliphatic heterocycles. The summed E-state index contributed by atoms with van der Waals surface area (Å²) in [5.41, 5.74) is 4.23. The lowest BCUT2D eigenvalue weighted by atomic mass is 9.88. The normalized spacial score (nSPS) is 14.1. The topological polar surface area (TPSA) is 71.7 Å². The van der Waals surface area contributed by atoms with Crippen molar-refractivity contribution in [2.45, 2.75) is 38.1 Å². The molecular weight excluding hydrogens is 456 g/mol. The van der Waals surface area contributed by atoms with Crippen LogP contribution in [0.1, 0.15) is 40.2 Å². The molecule has 1 aliphatic rings. The number of aromatic nitrogens is 2. The second kappa shape index (κ2) is 10.9. The highest BCUT2D eigenvalue weighted by Crippen LogP contribution is 2.29. The lowest BCUT2D eigenvalue weighted by Gasteiger charge is -2.18. The van der Waals surface area contributed by atoms with E-state index in [9.17, 15) is 9.59 Å². The van der Waals surface area contributed by atoms with E-state index in [1.807, 2.05) is 47.0 Å². The number of hydrogen-bond acceptors (Lipinski definition) is 5. The largest absolute Gasteiger partial charge is 0.465 e. The fourth-order valence-corrected chi connectivity index (χ4v) is 4.96. The summed E-state index contributed by atoms with van der Waals surface area (Å²) in [5.74, 6) is -0.286. The van der Waals surface area contributed by atoms with Crippen LogP contribution in [0, 0.1) is 0 Å². The molecule has 0 bridgehead atoms. The molecule has 0 radical (unpaired) electrons. The van der Waals surface area contributed by atoms with Crippen LogP contribution in [-0.2, 0) is 27.3 Å². The quantitative estimate of drug-likeness (QED) is 0.324. The SMILES string of the molecule is COC(=O)c1ccc2c(c1)n(CCC1OCCO1)c(=O)n2CCC(c1ccccc1)c1ccccc1. The molecule has 5 rings (SSSR count). The number of carbonyl (C=O) groups excluding carboxylic acids is 1. The molecule has 7 nitrogen and oxygen atoms in total. The molecule has 36 heavy (non-hydrogen) atoms. The third-order valence-corrected chi connectivity index (χ3v) is 6.76. The van der Waals surface area contributed by atoms with Crippen molar-refractivity contribution in [2.75, 3.05) is 20.3 Å². The van der Waals surface area contributed by atoms with Gasteiger partial charge in [-0.05, 0) is 35.7 Å². The molecule has 7 heteroatoms. The highest BCUT2D eigenvalue weighted by atomic mass is 16.7. The van der Waals surface area contributed by atoms with Gasteiger partial charge >= 0.3 is 11.7 Å². The van der Waals surface area contributed by atoms with E-state index in [1.165, 1.54) is 18.2 Å². The van der Waals surface area contributed by atoms with Gasteiger partial charge in [0.1, 0.15) is 0 Å². The van der Waals surface area contributed by atoms with Crippen LogP contribution < -0.4 is 5.69 Å². The molecule has 0 amide bonds. The molecule has 2 heterocycles. The Hall–Kier alpha value is -3.68. The Balaban J connectivity index is 1.50. The van der Waals surface area contributed by atoms with E-state index in [0.717, 1.165) is 11.9 Å². The first kappa shape index (κ1) is 24.0. The molecule has 0 aliphatic carbocycles. The number of ether oxygens (including phenoxy) is 3. The van der Waals surface area contributed by atoms with E-state index in [-0.39, 0.29) is 17.9 Å². The van der Waals surface area contributed by atoms with Crippen LogP contribution >= 0.6 is 0 Å². The number of benzene rings is 3. The minimum absolute atomic E-state index is 0.107. The molecule has 3 aromatic carbocycles. The minimum Gasteiger partial charge on any atom is -0.465 e. The van der Waals surface area contributed by atoms with E-state index >= 15 is 0 Å². The van der Waals surface area contributed by atoms with Crippen molar-refractivity contribution in [3.8, 4) is 0 Å². The van der Waals surface area contributed by atoms with Crippen LogP contribution in [0.2, 0.25) is 0 Å². The fraction of sp³-hybridized carbons (Fsp3) is 0.310. The number of methoxy groups -OCH3 is 1. The van der Waals surface area contributed by atoms with Gasteiger partial charge in [-0.2, -0.15) is 0 Å². The van der Waals surface area contributed by atoms with Crippen molar-refractivity contribution >= 4 is 17.0 Å².